The van der Waals surface area contributed by atoms with E-state index >= 15 is 0 Å². The summed E-state index contributed by atoms with van der Waals surface area (Å²) < 4.78 is 5.45. The van der Waals surface area contributed by atoms with Gasteiger partial charge in [0.2, 0.25) is 5.91 Å². The summed E-state index contributed by atoms with van der Waals surface area (Å²) in [6, 6.07) is -0.557. The number of carbonyl (C=O) groups is 2. The van der Waals surface area contributed by atoms with E-state index in [0.29, 0.717) is 25.9 Å². The highest BCUT2D eigenvalue weighted by Gasteiger charge is 2.20. The minimum absolute atomic E-state index is 0.0291. The van der Waals surface area contributed by atoms with Crippen LogP contribution in [0.5, 0.6) is 0 Å². The Balaban J connectivity index is 3.49. The molecule has 0 rings (SSSR count). The molecule has 2 atom stereocenters. The van der Waals surface area contributed by atoms with Gasteiger partial charge in [-0.15, -0.1) is 0 Å². The van der Waals surface area contributed by atoms with Crippen molar-refractivity contribution in [3.05, 3.63) is 48.6 Å². The maximum absolute atomic E-state index is 12.5. The van der Waals surface area contributed by atoms with Crippen LogP contribution in [0.4, 0.5) is 0 Å². The van der Waals surface area contributed by atoms with Gasteiger partial charge in [0.25, 0.3) is 0 Å². The lowest BCUT2D eigenvalue weighted by atomic mass is 10.0. The van der Waals surface area contributed by atoms with Crippen molar-refractivity contribution >= 4 is 11.9 Å². The van der Waals surface area contributed by atoms with E-state index in [2.05, 4.69) is 67.8 Å². The predicted molar refractivity (Wildman–Crippen MR) is 324 cm³/mol. The first-order valence-corrected chi connectivity index (χ1v) is 32.9. The van der Waals surface area contributed by atoms with Gasteiger partial charge in [-0.05, 0) is 96.3 Å². The average molecular weight is 1040 g/mol. The van der Waals surface area contributed by atoms with Crippen molar-refractivity contribution in [3.8, 4) is 0 Å². The Morgan fingerprint density at radius 3 is 1.05 bits per heavy atom. The minimum atomic E-state index is -0.678. The fourth-order valence-corrected chi connectivity index (χ4v) is 10.1. The molecule has 1 amide bonds. The predicted octanol–water partition coefficient (Wildman–Crippen LogP) is 20.9. The number of aliphatic hydroxyl groups is 2. The van der Waals surface area contributed by atoms with E-state index in [0.717, 1.165) is 96.3 Å². The summed E-state index contributed by atoms with van der Waals surface area (Å²) in [6.07, 6.45) is 81.3. The second-order valence-electron chi connectivity index (χ2n) is 22.4. The molecule has 0 aromatic carbocycles. The fourth-order valence-electron chi connectivity index (χ4n) is 10.1. The Kier molecular flexibility index (Phi) is 61.5. The minimum Gasteiger partial charge on any atom is -0.466 e. The number of aliphatic hydroxyl groups excluding tert-OH is 2. The molecule has 0 radical (unpaired) electrons. The molecule has 6 heteroatoms. The Morgan fingerprint density at radius 1 is 0.378 bits per heavy atom. The summed E-state index contributed by atoms with van der Waals surface area (Å²) in [5.41, 5.74) is 0. The van der Waals surface area contributed by atoms with Crippen LogP contribution in [0.1, 0.15) is 348 Å². The molecule has 0 spiro atoms. The standard InChI is InChI=1S/C68H127NO5/c1-3-5-7-9-11-13-15-17-19-20-21-22-23-24-25-26-27-29-33-36-40-44-48-52-56-60-66(71)65(64-70)69-67(72)61-57-53-49-45-41-37-34-30-28-31-35-39-43-47-51-55-59-63-74-68(73)62-58-54-50-46-42-38-32-18-16-14-12-10-8-6-4-2/h12,14,18,28,31-32,39,43,65-66,70-71H,3-11,13,15-17,19-27,29-30,33-38,40-42,44-64H2,1-2H3,(H,69,72)/b14-12-,31-28-,32-18-,43-39-. The Labute approximate surface area is 461 Å². The van der Waals surface area contributed by atoms with Crippen molar-refractivity contribution in [3.63, 3.8) is 0 Å². The van der Waals surface area contributed by atoms with Crippen molar-refractivity contribution in [2.45, 2.75) is 360 Å². The smallest absolute Gasteiger partial charge is 0.305 e. The van der Waals surface area contributed by atoms with Gasteiger partial charge in [0, 0.05) is 12.8 Å². The van der Waals surface area contributed by atoms with Crippen LogP contribution in [0, 0.1) is 0 Å². The van der Waals surface area contributed by atoms with Crippen molar-refractivity contribution in [1.82, 2.24) is 5.32 Å². The van der Waals surface area contributed by atoms with Crippen LogP contribution in [0.3, 0.4) is 0 Å². The molecular weight excluding hydrogens is 911 g/mol. The van der Waals surface area contributed by atoms with E-state index in [1.54, 1.807) is 0 Å². The molecule has 0 aromatic rings. The third kappa shape index (κ3) is 59.1. The second kappa shape index (κ2) is 63.4. The number of nitrogens with one attached hydrogen (secondary N) is 1. The van der Waals surface area contributed by atoms with Gasteiger partial charge in [-0.25, -0.2) is 0 Å². The molecule has 6 nitrogen and oxygen atoms in total. The molecule has 3 N–H and O–H groups in total. The van der Waals surface area contributed by atoms with Gasteiger partial charge in [-0.2, -0.15) is 0 Å². The molecule has 0 fully saturated rings. The van der Waals surface area contributed by atoms with Gasteiger partial charge < -0.3 is 20.3 Å². The topological polar surface area (TPSA) is 95.9 Å². The number of amides is 1. The normalized spacial score (nSPS) is 12.9. The fraction of sp³-hybridized carbons (Fsp3) is 0.853. The Morgan fingerprint density at radius 2 is 0.676 bits per heavy atom. The molecule has 0 aromatic heterocycles. The van der Waals surface area contributed by atoms with Crippen molar-refractivity contribution < 1.29 is 24.5 Å². The zero-order chi connectivity index (χ0) is 53.6. The number of hydrogen-bond acceptors (Lipinski definition) is 5. The zero-order valence-corrected chi connectivity index (χ0v) is 49.6. The number of allylic oxidation sites excluding steroid dienone is 8. The van der Waals surface area contributed by atoms with E-state index in [1.165, 1.54) is 218 Å². The molecule has 0 saturated carbocycles. The van der Waals surface area contributed by atoms with E-state index in [9.17, 15) is 19.8 Å². The van der Waals surface area contributed by atoms with Crippen LogP contribution in [-0.4, -0.2) is 47.4 Å². The van der Waals surface area contributed by atoms with E-state index in [-0.39, 0.29) is 18.5 Å². The number of unbranched alkanes of at least 4 members (excludes halogenated alkanes) is 42. The summed E-state index contributed by atoms with van der Waals surface area (Å²) in [7, 11) is 0. The summed E-state index contributed by atoms with van der Waals surface area (Å²) in [4.78, 5) is 24.6. The molecule has 74 heavy (non-hydrogen) atoms. The second-order valence-corrected chi connectivity index (χ2v) is 22.4. The van der Waals surface area contributed by atoms with Gasteiger partial charge in [-0.3, -0.25) is 9.59 Å². The number of ether oxygens (including phenoxy) is 1. The van der Waals surface area contributed by atoms with Crippen LogP contribution in [0.25, 0.3) is 0 Å². The molecule has 0 saturated heterocycles. The SMILES string of the molecule is CCCCC/C=C\C/C=C\CCCCCCCC(=O)OCCCCC/C=C\C/C=C\CCCCCCCCCC(=O)NC(CO)C(O)CCCCCCCCCCCCCCCCCCCCCCCCCCC. The molecule has 0 heterocycles. The highest BCUT2D eigenvalue weighted by Crippen LogP contribution is 2.18. The van der Waals surface area contributed by atoms with Gasteiger partial charge in [0.1, 0.15) is 0 Å². The number of esters is 1. The maximum Gasteiger partial charge on any atom is 0.305 e. The summed E-state index contributed by atoms with van der Waals surface area (Å²) in [5, 5.41) is 23.4. The molecule has 0 bridgehead atoms. The summed E-state index contributed by atoms with van der Waals surface area (Å²) in [5.74, 6) is -0.0778. The van der Waals surface area contributed by atoms with Crippen LogP contribution in [0.2, 0.25) is 0 Å². The van der Waals surface area contributed by atoms with Crippen LogP contribution in [0.15, 0.2) is 48.6 Å². The van der Waals surface area contributed by atoms with Gasteiger partial charge in [0.05, 0.1) is 25.4 Å². The van der Waals surface area contributed by atoms with Crippen molar-refractivity contribution in [1.29, 1.82) is 0 Å². The number of rotatable bonds is 61. The quantitative estimate of drug-likeness (QED) is 0.0320. The Bertz CT molecular complexity index is 1240. The summed E-state index contributed by atoms with van der Waals surface area (Å²) in [6.45, 7) is 4.89. The third-order valence-electron chi connectivity index (χ3n) is 15.1. The third-order valence-corrected chi connectivity index (χ3v) is 15.1. The molecule has 0 aliphatic rings. The van der Waals surface area contributed by atoms with E-state index < -0.39 is 12.1 Å². The van der Waals surface area contributed by atoms with Gasteiger partial charge >= 0.3 is 5.97 Å². The molecular formula is C68H127NO5. The molecule has 434 valence electrons. The van der Waals surface area contributed by atoms with E-state index in [1.807, 2.05) is 0 Å². The lowest BCUT2D eigenvalue weighted by Gasteiger charge is -2.22. The lowest BCUT2D eigenvalue weighted by Crippen LogP contribution is -2.45. The summed E-state index contributed by atoms with van der Waals surface area (Å²) >= 11 is 0. The molecule has 0 aliphatic heterocycles. The first-order chi connectivity index (χ1) is 36.5. The van der Waals surface area contributed by atoms with Crippen molar-refractivity contribution in [2.75, 3.05) is 13.2 Å². The lowest BCUT2D eigenvalue weighted by molar-refractivity contribution is -0.143. The first kappa shape index (κ1) is 71.8. The zero-order valence-electron chi connectivity index (χ0n) is 49.6. The van der Waals surface area contributed by atoms with Crippen molar-refractivity contribution in [2.24, 2.45) is 0 Å². The Hall–Kier alpha value is -2.18. The van der Waals surface area contributed by atoms with E-state index in [4.69, 9.17) is 4.74 Å². The average Bonchev–Trinajstić information content (AvgIpc) is 3.40. The number of carbonyl (C=O) groups excluding carboxylic acids is 2. The van der Waals surface area contributed by atoms with Crippen LogP contribution in [-0.2, 0) is 14.3 Å². The van der Waals surface area contributed by atoms with Crippen LogP contribution >= 0.6 is 0 Å². The van der Waals surface area contributed by atoms with Gasteiger partial charge in [-0.1, -0.05) is 287 Å². The highest BCUT2D eigenvalue weighted by molar-refractivity contribution is 5.76. The molecule has 0 aliphatic carbocycles. The maximum atomic E-state index is 12.5. The first-order valence-electron chi connectivity index (χ1n) is 32.9. The molecule has 2 unspecified atom stereocenters. The largest absolute Gasteiger partial charge is 0.466 e. The van der Waals surface area contributed by atoms with Gasteiger partial charge in [0.15, 0.2) is 0 Å². The number of hydrogen-bond donors (Lipinski definition) is 3. The monoisotopic (exact) mass is 1040 g/mol. The highest BCUT2D eigenvalue weighted by atomic mass is 16.5. The van der Waals surface area contributed by atoms with Crippen LogP contribution < -0.4 is 5.32 Å².